The first kappa shape index (κ1) is 20.1. The van der Waals surface area contributed by atoms with Crippen molar-refractivity contribution in [2.24, 2.45) is 5.73 Å². The standard InChI is InChI=1S/C24H23ClN4O/c1-2-7-22-28-23-19(24(26)30)13-16(12-18-9-5-6-11-27-18)14-21(23)29(22)15-17-8-3-4-10-20(17)25/h3-6,8-11,13-14H,2,7,12,15H2,1H3,(H2,26,30). The van der Waals surface area contributed by atoms with Crippen LogP contribution in [0.25, 0.3) is 11.0 Å². The Morgan fingerprint density at radius 3 is 2.63 bits per heavy atom. The van der Waals surface area contributed by atoms with Gasteiger partial charge in [-0.25, -0.2) is 4.98 Å². The van der Waals surface area contributed by atoms with Gasteiger partial charge in [0.2, 0.25) is 0 Å². The van der Waals surface area contributed by atoms with E-state index in [1.54, 1.807) is 6.20 Å². The van der Waals surface area contributed by atoms with Crippen LogP contribution in [-0.2, 0) is 19.4 Å². The third-order valence-corrected chi connectivity index (χ3v) is 5.50. The Morgan fingerprint density at radius 2 is 1.93 bits per heavy atom. The molecule has 2 aromatic carbocycles. The Balaban J connectivity index is 1.88. The zero-order chi connectivity index (χ0) is 21.1. The minimum absolute atomic E-state index is 0.439. The van der Waals surface area contributed by atoms with Crippen LogP contribution in [0.3, 0.4) is 0 Å². The topological polar surface area (TPSA) is 73.8 Å². The molecule has 0 saturated heterocycles. The Hall–Kier alpha value is -3.18. The molecule has 2 N–H and O–H groups in total. The quantitative estimate of drug-likeness (QED) is 0.469. The molecule has 0 aliphatic carbocycles. The number of hydrogen-bond donors (Lipinski definition) is 1. The summed E-state index contributed by atoms with van der Waals surface area (Å²) in [5.74, 6) is 0.443. The molecule has 6 heteroatoms. The van der Waals surface area contributed by atoms with Gasteiger partial charge in [-0.1, -0.05) is 42.8 Å². The maximum atomic E-state index is 12.2. The number of pyridine rings is 1. The lowest BCUT2D eigenvalue weighted by Crippen LogP contribution is -2.12. The van der Waals surface area contributed by atoms with Crippen molar-refractivity contribution in [1.82, 2.24) is 14.5 Å². The summed E-state index contributed by atoms with van der Waals surface area (Å²) >= 11 is 6.43. The van der Waals surface area contributed by atoms with E-state index in [2.05, 4.69) is 22.5 Å². The van der Waals surface area contributed by atoms with Crippen molar-refractivity contribution in [3.8, 4) is 0 Å². The lowest BCUT2D eigenvalue weighted by Gasteiger charge is -2.12. The van der Waals surface area contributed by atoms with Crippen LogP contribution in [-0.4, -0.2) is 20.4 Å². The van der Waals surface area contributed by atoms with Crippen LogP contribution in [0.4, 0.5) is 0 Å². The first-order valence-electron chi connectivity index (χ1n) is 10.0. The van der Waals surface area contributed by atoms with E-state index in [9.17, 15) is 4.79 Å². The van der Waals surface area contributed by atoms with E-state index in [0.29, 0.717) is 29.1 Å². The average Bonchev–Trinajstić information content (AvgIpc) is 3.07. The molecule has 0 aliphatic rings. The predicted octanol–water partition coefficient (Wildman–Crippen LogP) is 4.78. The van der Waals surface area contributed by atoms with E-state index in [1.807, 2.05) is 48.5 Å². The number of carbonyl (C=O) groups is 1. The molecule has 30 heavy (non-hydrogen) atoms. The van der Waals surface area contributed by atoms with Crippen molar-refractivity contribution in [3.63, 3.8) is 0 Å². The van der Waals surface area contributed by atoms with Gasteiger partial charge in [-0.3, -0.25) is 9.78 Å². The lowest BCUT2D eigenvalue weighted by molar-refractivity contribution is 0.100. The Bertz CT molecular complexity index is 1200. The number of halogens is 1. The fraction of sp³-hybridized carbons (Fsp3) is 0.208. The fourth-order valence-electron chi connectivity index (χ4n) is 3.72. The SMILES string of the molecule is CCCc1nc2c(C(N)=O)cc(Cc3ccccn3)cc2n1Cc1ccccc1Cl. The maximum Gasteiger partial charge on any atom is 0.250 e. The van der Waals surface area contributed by atoms with E-state index in [4.69, 9.17) is 22.3 Å². The van der Waals surface area contributed by atoms with Crippen molar-refractivity contribution in [2.45, 2.75) is 32.7 Å². The zero-order valence-corrected chi connectivity index (χ0v) is 17.6. The third kappa shape index (κ3) is 4.07. The Labute approximate surface area is 180 Å². The number of imidazole rings is 1. The van der Waals surface area contributed by atoms with Crippen LogP contribution in [0.1, 0.15) is 46.3 Å². The number of hydrogen-bond acceptors (Lipinski definition) is 3. The van der Waals surface area contributed by atoms with Gasteiger partial charge in [-0.15, -0.1) is 0 Å². The first-order valence-corrected chi connectivity index (χ1v) is 10.4. The van der Waals surface area contributed by atoms with Gasteiger partial charge >= 0.3 is 0 Å². The smallest absolute Gasteiger partial charge is 0.250 e. The molecule has 0 atom stereocenters. The third-order valence-electron chi connectivity index (χ3n) is 5.13. The summed E-state index contributed by atoms with van der Waals surface area (Å²) in [4.78, 5) is 21.5. The van der Waals surface area contributed by atoms with E-state index in [0.717, 1.165) is 41.0 Å². The van der Waals surface area contributed by atoms with Crippen molar-refractivity contribution in [3.05, 3.63) is 94.0 Å². The minimum Gasteiger partial charge on any atom is -0.366 e. The summed E-state index contributed by atoms with van der Waals surface area (Å²) in [6, 6.07) is 17.5. The average molecular weight is 419 g/mol. The summed E-state index contributed by atoms with van der Waals surface area (Å²) < 4.78 is 2.15. The molecule has 0 unspecified atom stereocenters. The summed E-state index contributed by atoms with van der Waals surface area (Å²) in [5.41, 5.74) is 10.6. The second-order valence-electron chi connectivity index (χ2n) is 7.33. The van der Waals surface area contributed by atoms with Crippen LogP contribution in [0.2, 0.25) is 5.02 Å². The molecular weight excluding hydrogens is 396 g/mol. The van der Waals surface area contributed by atoms with E-state index in [1.165, 1.54) is 0 Å². The zero-order valence-electron chi connectivity index (χ0n) is 16.8. The number of amides is 1. The van der Waals surface area contributed by atoms with E-state index in [-0.39, 0.29) is 0 Å². The van der Waals surface area contributed by atoms with Crippen molar-refractivity contribution in [1.29, 1.82) is 0 Å². The second kappa shape index (κ2) is 8.67. The number of primary amides is 1. The molecule has 2 aromatic heterocycles. The van der Waals surface area contributed by atoms with Crippen LogP contribution in [0.5, 0.6) is 0 Å². The van der Waals surface area contributed by atoms with Crippen LogP contribution in [0, 0.1) is 0 Å². The van der Waals surface area contributed by atoms with E-state index >= 15 is 0 Å². The molecule has 2 heterocycles. The summed E-state index contributed by atoms with van der Waals surface area (Å²) in [7, 11) is 0. The molecule has 152 valence electrons. The van der Waals surface area contributed by atoms with Crippen LogP contribution >= 0.6 is 11.6 Å². The monoisotopic (exact) mass is 418 g/mol. The van der Waals surface area contributed by atoms with Crippen molar-refractivity contribution < 1.29 is 4.79 Å². The molecule has 0 bridgehead atoms. The van der Waals surface area contributed by atoms with Gasteiger partial charge in [0.15, 0.2) is 0 Å². The van der Waals surface area contributed by atoms with E-state index < -0.39 is 5.91 Å². The number of aryl methyl sites for hydroxylation is 1. The van der Waals surface area contributed by atoms with Crippen molar-refractivity contribution >= 4 is 28.5 Å². The molecule has 4 aromatic rings. The largest absolute Gasteiger partial charge is 0.366 e. The summed E-state index contributed by atoms with van der Waals surface area (Å²) in [6.45, 7) is 2.69. The second-order valence-corrected chi connectivity index (χ2v) is 7.74. The number of fused-ring (bicyclic) bond motifs is 1. The normalized spacial score (nSPS) is 11.1. The number of benzene rings is 2. The summed E-state index contributed by atoms with van der Waals surface area (Å²) in [5, 5.41) is 0.710. The molecule has 1 amide bonds. The molecule has 4 rings (SSSR count). The van der Waals surface area contributed by atoms with Gasteiger partial charge in [-0.05, 0) is 47.9 Å². The molecule has 0 radical (unpaired) electrons. The highest BCUT2D eigenvalue weighted by molar-refractivity contribution is 6.31. The van der Waals surface area contributed by atoms with Gasteiger partial charge in [0.05, 0.1) is 17.6 Å². The number of nitrogens with two attached hydrogens (primary N) is 1. The molecule has 5 nitrogen and oxygen atoms in total. The lowest BCUT2D eigenvalue weighted by atomic mass is 10.0. The van der Waals surface area contributed by atoms with Gasteiger partial charge in [-0.2, -0.15) is 0 Å². The maximum absolute atomic E-state index is 12.2. The van der Waals surface area contributed by atoms with Gasteiger partial charge in [0, 0.05) is 29.8 Å². The van der Waals surface area contributed by atoms with Crippen LogP contribution in [0.15, 0.2) is 60.8 Å². The number of aromatic nitrogens is 3. The van der Waals surface area contributed by atoms with Gasteiger partial charge < -0.3 is 10.3 Å². The van der Waals surface area contributed by atoms with Crippen molar-refractivity contribution in [2.75, 3.05) is 0 Å². The number of rotatable bonds is 7. The predicted molar refractivity (Wildman–Crippen MR) is 120 cm³/mol. The fourth-order valence-corrected chi connectivity index (χ4v) is 3.91. The highest BCUT2D eigenvalue weighted by Gasteiger charge is 2.18. The molecule has 0 fully saturated rings. The number of carbonyl (C=O) groups excluding carboxylic acids is 1. The van der Waals surface area contributed by atoms with Crippen LogP contribution < -0.4 is 5.73 Å². The molecular formula is C24H23ClN4O. The van der Waals surface area contributed by atoms with Gasteiger partial charge in [0.1, 0.15) is 11.3 Å². The minimum atomic E-state index is -0.478. The summed E-state index contributed by atoms with van der Waals surface area (Å²) in [6.07, 6.45) is 4.12. The van der Waals surface area contributed by atoms with Gasteiger partial charge in [0.25, 0.3) is 5.91 Å². The first-order chi connectivity index (χ1) is 14.6. The Kier molecular flexibility index (Phi) is 5.81. The molecule has 0 spiro atoms. The number of nitrogens with zero attached hydrogens (tertiary/aromatic N) is 3. The molecule has 0 aliphatic heterocycles. The molecule has 0 saturated carbocycles. The highest BCUT2D eigenvalue weighted by atomic mass is 35.5. The Morgan fingerprint density at radius 1 is 1.13 bits per heavy atom. The highest BCUT2D eigenvalue weighted by Crippen LogP contribution is 2.27.